The number of hydrazine groups is 1. The number of halogens is 3. The van der Waals surface area contributed by atoms with Gasteiger partial charge in [0, 0.05) is 25.8 Å². The summed E-state index contributed by atoms with van der Waals surface area (Å²) < 4.78 is 42.7. The van der Waals surface area contributed by atoms with Gasteiger partial charge in [0.2, 0.25) is 5.82 Å². The molecule has 0 amide bonds. The number of nitrogens with two attached hydrogens (primary N) is 1. The first-order chi connectivity index (χ1) is 8.97. The van der Waals surface area contributed by atoms with Crippen molar-refractivity contribution >= 4 is 11.6 Å². The summed E-state index contributed by atoms with van der Waals surface area (Å²) >= 11 is 0. The van der Waals surface area contributed by atoms with Crippen LogP contribution in [-0.4, -0.2) is 29.7 Å². The highest BCUT2D eigenvalue weighted by Gasteiger charge is 2.35. The van der Waals surface area contributed by atoms with Crippen molar-refractivity contribution in [1.29, 1.82) is 0 Å². The standard InChI is InChI=1S/C10H16F3N5O/c1-2-19-5-3-4-15-7-6-8(18-14)17-9(16-7)10(11,12)13/h6H,2-5,14H2,1H3,(H2,15,16,17,18). The van der Waals surface area contributed by atoms with Gasteiger partial charge in [0.15, 0.2) is 0 Å². The van der Waals surface area contributed by atoms with Gasteiger partial charge in [-0.25, -0.2) is 15.8 Å². The average Bonchev–Trinajstić information content (AvgIpc) is 2.37. The summed E-state index contributed by atoms with van der Waals surface area (Å²) in [6, 6.07) is 1.30. The molecule has 0 aliphatic carbocycles. The summed E-state index contributed by atoms with van der Waals surface area (Å²) in [6.07, 6.45) is -3.96. The predicted molar refractivity (Wildman–Crippen MR) is 64.4 cm³/mol. The Morgan fingerprint density at radius 2 is 2.00 bits per heavy atom. The van der Waals surface area contributed by atoms with E-state index in [0.717, 1.165) is 0 Å². The van der Waals surface area contributed by atoms with Gasteiger partial charge in [0.25, 0.3) is 0 Å². The number of nitrogen functional groups attached to an aromatic ring is 1. The van der Waals surface area contributed by atoms with Gasteiger partial charge in [-0.1, -0.05) is 0 Å². The van der Waals surface area contributed by atoms with Crippen LogP contribution in [0.3, 0.4) is 0 Å². The first-order valence-corrected chi connectivity index (χ1v) is 5.72. The maximum Gasteiger partial charge on any atom is 0.451 e. The second-order valence-corrected chi connectivity index (χ2v) is 3.58. The lowest BCUT2D eigenvalue weighted by atomic mass is 10.4. The van der Waals surface area contributed by atoms with Crippen LogP contribution < -0.4 is 16.6 Å². The smallest absolute Gasteiger partial charge is 0.382 e. The van der Waals surface area contributed by atoms with Crippen LogP contribution in [0.1, 0.15) is 19.2 Å². The van der Waals surface area contributed by atoms with Gasteiger partial charge in [-0.3, -0.25) is 0 Å². The van der Waals surface area contributed by atoms with Gasteiger partial charge in [0.05, 0.1) is 0 Å². The molecule has 0 fully saturated rings. The highest BCUT2D eigenvalue weighted by atomic mass is 19.4. The number of rotatable bonds is 7. The van der Waals surface area contributed by atoms with E-state index in [-0.39, 0.29) is 11.6 Å². The third-order valence-electron chi connectivity index (χ3n) is 2.10. The molecule has 0 saturated carbocycles. The lowest BCUT2D eigenvalue weighted by Gasteiger charge is -2.11. The van der Waals surface area contributed by atoms with Crippen molar-refractivity contribution in [3.63, 3.8) is 0 Å². The van der Waals surface area contributed by atoms with E-state index in [0.29, 0.717) is 26.2 Å². The fourth-order valence-corrected chi connectivity index (χ4v) is 1.27. The van der Waals surface area contributed by atoms with E-state index in [2.05, 4.69) is 20.7 Å². The fraction of sp³-hybridized carbons (Fsp3) is 0.600. The van der Waals surface area contributed by atoms with Crippen molar-refractivity contribution in [2.75, 3.05) is 30.5 Å². The Bertz CT molecular complexity index is 399. The fourth-order valence-electron chi connectivity index (χ4n) is 1.27. The molecule has 4 N–H and O–H groups in total. The second-order valence-electron chi connectivity index (χ2n) is 3.58. The van der Waals surface area contributed by atoms with Crippen LogP contribution >= 0.6 is 0 Å². The Balaban J connectivity index is 2.67. The molecule has 0 aliphatic rings. The van der Waals surface area contributed by atoms with Crippen LogP contribution in [0.5, 0.6) is 0 Å². The third-order valence-corrected chi connectivity index (χ3v) is 2.10. The minimum atomic E-state index is -4.62. The number of anilines is 2. The molecule has 0 radical (unpaired) electrons. The van der Waals surface area contributed by atoms with E-state index in [1.165, 1.54) is 6.07 Å². The number of ether oxygens (including phenoxy) is 1. The summed E-state index contributed by atoms with van der Waals surface area (Å²) in [5.74, 6) is 3.79. The van der Waals surface area contributed by atoms with E-state index >= 15 is 0 Å². The molecule has 1 rings (SSSR count). The zero-order valence-electron chi connectivity index (χ0n) is 10.4. The van der Waals surface area contributed by atoms with Gasteiger partial charge in [-0.05, 0) is 13.3 Å². The normalized spacial score (nSPS) is 11.4. The first kappa shape index (κ1) is 15.4. The zero-order valence-corrected chi connectivity index (χ0v) is 10.4. The number of nitrogens with zero attached hydrogens (tertiary/aromatic N) is 2. The topological polar surface area (TPSA) is 85.1 Å². The number of nitrogens with one attached hydrogen (secondary N) is 2. The van der Waals surface area contributed by atoms with E-state index in [1.807, 2.05) is 6.92 Å². The number of hydrogen-bond acceptors (Lipinski definition) is 6. The van der Waals surface area contributed by atoms with Crippen LogP contribution in [0, 0.1) is 0 Å². The highest BCUT2D eigenvalue weighted by Crippen LogP contribution is 2.28. The summed E-state index contributed by atoms with van der Waals surface area (Å²) in [6.45, 7) is 3.45. The summed E-state index contributed by atoms with van der Waals surface area (Å²) in [5.41, 5.74) is 2.07. The quantitative estimate of drug-likeness (QED) is 0.399. The maximum absolute atomic E-state index is 12.5. The second kappa shape index (κ2) is 7.10. The Hall–Kier alpha value is -1.61. The van der Waals surface area contributed by atoms with Crippen molar-refractivity contribution in [2.24, 2.45) is 5.84 Å². The van der Waals surface area contributed by atoms with Crippen LogP contribution in [0.25, 0.3) is 0 Å². The minimum absolute atomic E-state index is 0.0618. The number of aromatic nitrogens is 2. The summed E-state index contributed by atoms with van der Waals surface area (Å²) in [4.78, 5) is 6.63. The Morgan fingerprint density at radius 3 is 2.58 bits per heavy atom. The summed E-state index contributed by atoms with van der Waals surface area (Å²) in [5, 5.41) is 2.76. The molecule has 1 heterocycles. The zero-order chi connectivity index (χ0) is 14.3. The lowest BCUT2D eigenvalue weighted by molar-refractivity contribution is -0.144. The molecule has 1 aromatic rings. The average molecular weight is 279 g/mol. The molecule has 108 valence electrons. The van der Waals surface area contributed by atoms with Gasteiger partial charge in [-0.15, -0.1) is 0 Å². The maximum atomic E-state index is 12.5. The highest BCUT2D eigenvalue weighted by molar-refractivity contribution is 5.47. The van der Waals surface area contributed by atoms with Crippen molar-refractivity contribution in [2.45, 2.75) is 19.5 Å². The van der Waals surface area contributed by atoms with E-state index < -0.39 is 12.0 Å². The molecule has 0 aromatic carbocycles. The molecule has 0 spiro atoms. The van der Waals surface area contributed by atoms with Gasteiger partial charge in [0.1, 0.15) is 11.6 Å². The third kappa shape index (κ3) is 5.26. The van der Waals surface area contributed by atoms with Crippen LogP contribution in [0.15, 0.2) is 6.07 Å². The van der Waals surface area contributed by atoms with Crippen molar-refractivity contribution < 1.29 is 17.9 Å². The molecule has 6 nitrogen and oxygen atoms in total. The van der Waals surface area contributed by atoms with Crippen molar-refractivity contribution in [3.05, 3.63) is 11.9 Å². The predicted octanol–water partition coefficient (Wildman–Crippen LogP) is 1.62. The van der Waals surface area contributed by atoms with E-state index in [9.17, 15) is 13.2 Å². The molecule has 19 heavy (non-hydrogen) atoms. The molecule has 0 bridgehead atoms. The molecule has 0 saturated heterocycles. The summed E-state index contributed by atoms with van der Waals surface area (Å²) in [7, 11) is 0. The van der Waals surface area contributed by atoms with Crippen molar-refractivity contribution in [3.8, 4) is 0 Å². The SMILES string of the molecule is CCOCCCNc1cc(NN)nc(C(F)(F)F)n1. The van der Waals surface area contributed by atoms with Gasteiger partial charge in [-0.2, -0.15) is 13.2 Å². The molecule has 0 aliphatic heterocycles. The van der Waals surface area contributed by atoms with Crippen LogP contribution in [0.4, 0.5) is 24.8 Å². The van der Waals surface area contributed by atoms with Gasteiger partial charge >= 0.3 is 6.18 Å². The molecule has 0 unspecified atom stereocenters. The molecule has 1 aromatic heterocycles. The number of alkyl halides is 3. The van der Waals surface area contributed by atoms with Gasteiger partial charge < -0.3 is 15.5 Å². The molecular weight excluding hydrogens is 263 g/mol. The van der Waals surface area contributed by atoms with E-state index in [4.69, 9.17) is 10.6 Å². The Morgan fingerprint density at radius 1 is 1.32 bits per heavy atom. The Labute approximate surface area is 108 Å². The molecule has 9 heteroatoms. The van der Waals surface area contributed by atoms with Crippen LogP contribution in [0.2, 0.25) is 0 Å². The monoisotopic (exact) mass is 279 g/mol. The largest absolute Gasteiger partial charge is 0.451 e. The van der Waals surface area contributed by atoms with Crippen molar-refractivity contribution in [1.82, 2.24) is 9.97 Å². The minimum Gasteiger partial charge on any atom is -0.382 e. The van der Waals surface area contributed by atoms with Crippen LogP contribution in [-0.2, 0) is 10.9 Å². The molecule has 0 atom stereocenters. The lowest BCUT2D eigenvalue weighted by Crippen LogP contribution is -2.17. The Kier molecular flexibility index (Phi) is 5.77. The number of hydrogen-bond donors (Lipinski definition) is 3. The van der Waals surface area contributed by atoms with E-state index in [1.54, 1.807) is 0 Å². The molecular formula is C10H16F3N5O. The first-order valence-electron chi connectivity index (χ1n) is 5.72.